The number of aromatic hydroxyl groups is 2. The van der Waals surface area contributed by atoms with Crippen molar-refractivity contribution in [2.24, 2.45) is 0 Å². The highest BCUT2D eigenvalue weighted by molar-refractivity contribution is 5.88. The van der Waals surface area contributed by atoms with Crippen molar-refractivity contribution in [2.75, 3.05) is 6.61 Å². The number of aryl methyl sites for hydroxylation is 1. The van der Waals surface area contributed by atoms with Gasteiger partial charge in [0, 0.05) is 18.0 Å². The van der Waals surface area contributed by atoms with Crippen LogP contribution in [0.2, 0.25) is 0 Å². The molecule has 0 saturated heterocycles. The number of aromatic nitrogens is 1. The molecule has 2 rings (SSSR count). The van der Waals surface area contributed by atoms with Crippen LogP contribution in [0, 0.1) is 0 Å². The summed E-state index contributed by atoms with van der Waals surface area (Å²) in [5.41, 5.74) is 0.119. The summed E-state index contributed by atoms with van der Waals surface area (Å²) in [6.07, 6.45) is 5.61. The van der Waals surface area contributed by atoms with Crippen LogP contribution in [0.1, 0.15) is 32.6 Å². The molecule has 0 radical (unpaired) electrons. The number of ether oxygens (including phenoxy) is 1. The van der Waals surface area contributed by atoms with Gasteiger partial charge in [-0.2, -0.15) is 0 Å². The summed E-state index contributed by atoms with van der Waals surface area (Å²) in [7, 11) is 0. The van der Waals surface area contributed by atoms with E-state index in [1.807, 2.05) is 0 Å². The molecule has 5 heteroatoms. The molecule has 2 N–H and O–H groups in total. The van der Waals surface area contributed by atoms with Crippen molar-refractivity contribution in [3.05, 3.63) is 41.2 Å². The quantitative estimate of drug-likeness (QED) is 0.577. The number of phenolic OH excluding ortho intramolecular Hbond substituents is 1. The van der Waals surface area contributed by atoms with Gasteiger partial charge in [0.15, 0.2) is 5.75 Å². The highest BCUT2D eigenvalue weighted by Crippen LogP contribution is 2.33. The predicted molar refractivity (Wildman–Crippen MR) is 91.4 cm³/mol. The molecule has 5 nitrogen and oxygen atoms in total. The largest absolute Gasteiger partial charge is 0.508 e. The van der Waals surface area contributed by atoms with E-state index in [2.05, 4.69) is 13.5 Å². The number of hydrogen-bond acceptors (Lipinski definition) is 4. The lowest BCUT2D eigenvalue weighted by Crippen LogP contribution is -2.23. The summed E-state index contributed by atoms with van der Waals surface area (Å²) >= 11 is 0. The molecule has 0 amide bonds. The number of nitrogens with zero attached hydrogens (tertiary/aromatic N) is 1. The van der Waals surface area contributed by atoms with Gasteiger partial charge >= 0.3 is 0 Å². The van der Waals surface area contributed by atoms with Gasteiger partial charge in [-0.15, -0.1) is 0 Å². The van der Waals surface area contributed by atoms with E-state index in [1.165, 1.54) is 18.2 Å². The monoisotopic (exact) mass is 317 g/mol. The van der Waals surface area contributed by atoms with Crippen LogP contribution in [0.15, 0.2) is 35.6 Å². The maximum Gasteiger partial charge on any atom is 0.297 e. The maximum atomic E-state index is 12.6. The Hall–Kier alpha value is -2.43. The van der Waals surface area contributed by atoms with Crippen LogP contribution in [0.4, 0.5) is 0 Å². The van der Waals surface area contributed by atoms with E-state index < -0.39 is 0 Å². The molecule has 124 valence electrons. The van der Waals surface area contributed by atoms with E-state index in [4.69, 9.17) is 4.74 Å². The van der Waals surface area contributed by atoms with Gasteiger partial charge in [-0.3, -0.25) is 4.79 Å². The number of fused-ring (bicyclic) bond motifs is 1. The molecule has 2 aromatic rings. The lowest BCUT2D eigenvalue weighted by Gasteiger charge is -2.15. The molecule has 0 unspecified atom stereocenters. The molecule has 0 aliphatic carbocycles. The minimum atomic E-state index is -0.390. The Morgan fingerprint density at radius 1 is 1.26 bits per heavy atom. The molecule has 0 aliphatic heterocycles. The highest BCUT2D eigenvalue weighted by atomic mass is 16.5. The summed E-state index contributed by atoms with van der Waals surface area (Å²) in [5, 5.41) is 20.5. The number of phenols is 1. The lowest BCUT2D eigenvalue weighted by atomic mass is 10.1. The average molecular weight is 317 g/mol. The molecule has 0 saturated carbocycles. The number of hydrogen-bond donors (Lipinski definition) is 2. The fourth-order valence-electron chi connectivity index (χ4n) is 2.59. The Morgan fingerprint density at radius 3 is 2.74 bits per heavy atom. The van der Waals surface area contributed by atoms with Crippen molar-refractivity contribution in [3.63, 3.8) is 0 Å². The summed E-state index contributed by atoms with van der Waals surface area (Å²) < 4.78 is 6.92. The standard InChI is InChI=1S/C18H23NO4/c1-3-5-6-7-10-19-15-12-13(20)8-9-14(15)16(21)17(18(19)22)23-11-4-2/h4,8-9,12,20-21H,2-3,5-7,10-11H2,1H3. The maximum absolute atomic E-state index is 12.6. The number of rotatable bonds is 8. The first-order valence-corrected chi connectivity index (χ1v) is 7.92. The third-order valence-corrected chi connectivity index (χ3v) is 3.76. The fourth-order valence-corrected chi connectivity index (χ4v) is 2.59. The molecule has 0 atom stereocenters. The van der Waals surface area contributed by atoms with Gasteiger partial charge in [-0.25, -0.2) is 0 Å². The first-order valence-electron chi connectivity index (χ1n) is 7.92. The van der Waals surface area contributed by atoms with E-state index in [-0.39, 0.29) is 29.4 Å². The van der Waals surface area contributed by atoms with Gasteiger partial charge in [0.1, 0.15) is 12.4 Å². The van der Waals surface area contributed by atoms with Gasteiger partial charge < -0.3 is 19.5 Å². The Bertz CT molecular complexity index is 749. The van der Waals surface area contributed by atoms with Gasteiger partial charge in [0.25, 0.3) is 5.56 Å². The average Bonchev–Trinajstić information content (AvgIpc) is 2.54. The second-order valence-electron chi connectivity index (χ2n) is 5.50. The molecular weight excluding hydrogens is 294 g/mol. The SMILES string of the molecule is C=CCOc1c(O)c2ccc(O)cc2n(CCCCCC)c1=O. The van der Waals surface area contributed by atoms with Crippen LogP contribution in [0.25, 0.3) is 10.9 Å². The third-order valence-electron chi connectivity index (χ3n) is 3.76. The second-order valence-corrected chi connectivity index (χ2v) is 5.50. The van der Waals surface area contributed by atoms with Gasteiger partial charge in [-0.05, 0) is 18.6 Å². The number of unbranched alkanes of at least 4 members (excludes halogenated alkanes) is 3. The zero-order valence-electron chi connectivity index (χ0n) is 13.4. The normalized spacial score (nSPS) is 10.8. The molecule has 0 aliphatic rings. The van der Waals surface area contributed by atoms with Crippen LogP contribution in [0.5, 0.6) is 17.2 Å². The molecule has 1 aromatic heterocycles. The molecule has 1 aromatic carbocycles. The van der Waals surface area contributed by atoms with Crippen LogP contribution < -0.4 is 10.3 Å². The smallest absolute Gasteiger partial charge is 0.297 e. The molecule has 0 fully saturated rings. The first-order chi connectivity index (χ1) is 11.1. The van der Waals surface area contributed by atoms with Crippen LogP contribution in [-0.4, -0.2) is 21.4 Å². The van der Waals surface area contributed by atoms with Crippen molar-refractivity contribution >= 4 is 10.9 Å². The van der Waals surface area contributed by atoms with Crippen molar-refractivity contribution in [1.29, 1.82) is 0 Å². The van der Waals surface area contributed by atoms with E-state index in [1.54, 1.807) is 10.6 Å². The van der Waals surface area contributed by atoms with E-state index >= 15 is 0 Å². The molecular formula is C18H23NO4. The highest BCUT2D eigenvalue weighted by Gasteiger charge is 2.17. The van der Waals surface area contributed by atoms with E-state index in [9.17, 15) is 15.0 Å². The Balaban J connectivity index is 2.53. The Morgan fingerprint density at radius 2 is 2.04 bits per heavy atom. The van der Waals surface area contributed by atoms with Gasteiger partial charge in [0.05, 0.1) is 5.52 Å². The fraction of sp³-hybridized carbons (Fsp3) is 0.389. The van der Waals surface area contributed by atoms with Crippen molar-refractivity contribution in [2.45, 2.75) is 39.2 Å². The summed E-state index contributed by atoms with van der Waals surface area (Å²) in [6.45, 7) is 6.34. The molecule has 1 heterocycles. The van der Waals surface area contributed by atoms with Crippen molar-refractivity contribution < 1.29 is 14.9 Å². The molecule has 23 heavy (non-hydrogen) atoms. The van der Waals surface area contributed by atoms with Crippen molar-refractivity contribution in [1.82, 2.24) is 4.57 Å². The zero-order chi connectivity index (χ0) is 16.8. The Kier molecular flexibility index (Phi) is 5.68. The molecule has 0 bridgehead atoms. The van der Waals surface area contributed by atoms with E-state index in [0.29, 0.717) is 17.4 Å². The minimum absolute atomic E-state index is 0.0540. The summed E-state index contributed by atoms with van der Waals surface area (Å²) in [5.74, 6) is -0.214. The van der Waals surface area contributed by atoms with Gasteiger partial charge in [-0.1, -0.05) is 38.8 Å². The van der Waals surface area contributed by atoms with Crippen molar-refractivity contribution in [3.8, 4) is 17.2 Å². The predicted octanol–water partition coefficient (Wildman–Crippen LogP) is 3.56. The lowest BCUT2D eigenvalue weighted by molar-refractivity contribution is 0.329. The second kappa shape index (κ2) is 7.72. The topological polar surface area (TPSA) is 71.7 Å². The molecule has 0 spiro atoms. The summed E-state index contributed by atoms with van der Waals surface area (Å²) in [6, 6.07) is 4.56. The van der Waals surface area contributed by atoms with E-state index in [0.717, 1.165) is 25.7 Å². The first kappa shape index (κ1) is 16.9. The number of benzene rings is 1. The number of pyridine rings is 1. The van der Waals surface area contributed by atoms with Gasteiger partial charge in [0.2, 0.25) is 5.75 Å². The van der Waals surface area contributed by atoms with Crippen LogP contribution in [0.3, 0.4) is 0 Å². The third kappa shape index (κ3) is 3.67. The minimum Gasteiger partial charge on any atom is -0.508 e. The zero-order valence-corrected chi connectivity index (χ0v) is 13.4. The Labute approximate surface area is 135 Å². The van der Waals surface area contributed by atoms with Crippen LogP contribution >= 0.6 is 0 Å². The summed E-state index contributed by atoms with van der Waals surface area (Å²) in [4.78, 5) is 12.6. The van der Waals surface area contributed by atoms with Crippen LogP contribution in [-0.2, 0) is 6.54 Å².